The fraction of sp³-hybridized carbons (Fsp3) is 0.429. The van der Waals surface area contributed by atoms with Crippen LogP contribution in [0.3, 0.4) is 0 Å². The van der Waals surface area contributed by atoms with Gasteiger partial charge in [0.25, 0.3) is 0 Å². The van der Waals surface area contributed by atoms with Crippen LogP contribution >= 0.6 is 0 Å². The maximum absolute atomic E-state index is 12.6. The van der Waals surface area contributed by atoms with E-state index in [0.717, 1.165) is 54.6 Å². The number of carbonyl (C=O) groups excluding carboxylic acids is 1. The van der Waals surface area contributed by atoms with Crippen molar-refractivity contribution in [1.29, 1.82) is 0 Å². The highest BCUT2D eigenvalue weighted by molar-refractivity contribution is 7.91. The van der Waals surface area contributed by atoms with Crippen molar-refractivity contribution in [3.05, 3.63) is 65.5 Å². The molecule has 2 heterocycles. The van der Waals surface area contributed by atoms with E-state index >= 15 is 0 Å². The second kappa shape index (κ2) is 9.97. The Balaban J connectivity index is 1.30. The molecule has 2 aromatic rings. The van der Waals surface area contributed by atoms with Crippen LogP contribution in [0.25, 0.3) is 16.7 Å². The maximum Gasteiger partial charge on any atom is 0.317 e. The Bertz CT molecular complexity index is 1270. The van der Waals surface area contributed by atoms with Gasteiger partial charge in [-0.2, -0.15) is 0 Å². The lowest BCUT2D eigenvalue weighted by molar-refractivity contribution is 0.198. The number of benzene rings is 1. The molecule has 2 amide bonds. The largest absolute Gasteiger partial charge is 0.335 e. The van der Waals surface area contributed by atoms with E-state index in [9.17, 15) is 13.2 Å². The van der Waals surface area contributed by atoms with Gasteiger partial charge in [0.2, 0.25) is 0 Å². The van der Waals surface area contributed by atoms with Crippen molar-refractivity contribution >= 4 is 21.4 Å². The van der Waals surface area contributed by atoms with Crippen LogP contribution < -0.4 is 5.32 Å². The standard InChI is InChI=1S/C28H33N3O3S/c1-2-17-35(33,34)24-9-7-20(8-10-24)22-18-26-25(11-12-27(26)29-19-22)21-13-15-31(16-14-21)28(32)30-23-5-3-4-6-23/h7-11,13,18-19,23H,2-6,12,14-17H2,1H3,(H,30,32). The fourth-order valence-electron chi connectivity index (χ4n) is 5.34. The highest BCUT2D eigenvalue weighted by atomic mass is 32.2. The molecule has 0 atom stereocenters. The monoisotopic (exact) mass is 491 g/mol. The molecule has 0 radical (unpaired) electrons. The third-order valence-electron chi connectivity index (χ3n) is 7.30. The lowest BCUT2D eigenvalue weighted by Crippen LogP contribution is -2.45. The quantitative estimate of drug-likeness (QED) is 0.606. The van der Waals surface area contributed by atoms with E-state index in [-0.39, 0.29) is 11.8 Å². The van der Waals surface area contributed by atoms with Gasteiger partial charge in [-0.3, -0.25) is 4.98 Å². The number of nitrogens with one attached hydrogen (secondary N) is 1. The van der Waals surface area contributed by atoms with Crippen LogP contribution in [0.5, 0.6) is 0 Å². The number of carbonyl (C=O) groups is 1. The number of hydrogen-bond acceptors (Lipinski definition) is 4. The van der Waals surface area contributed by atoms with Crippen LogP contribution in [0.4, 0.5) is 4.79 Å². The molecule has 35 heavy (non-hydrogen) atoms. The van der Waals surface area contributed by atoms with E-state index in [1.165, 1.54) is 24.0 Å². The van der Waals surface area contributed by atoms with E-state index in [1.54, 1.807) is 12.1 Å². The Morgan fingerprint density at radius 3 is 2.57 bits per heavy atom. The van der Waals surface area contributed by atoms with Gasteiger partial charge in [-0.25, -0.2) is 13.2 Å². The summed E-state index contributed by atoms with van der Waals surface area (Å²) in [5.41, 5.74) is 6.62. The Labute approximate surface area is 208 Å². The molecule has 0 bridgehead atoms. The minimum atomic E-state index is -3.22. The number of aromatic nitrogens is 1. The van der Waals surface area contributed by atoms with Crippen LogP contribution in [-0.2, 0) is 16.3 Å². The minimum Gasteiger partial charge on any atom is -0.335 e. The average molecular weight is 492 g/mol. The molecule has 0 saturated heterocycles. The average Bonchev–Trinajstić information content (AvgIpc) is 3.54. The summed E-state index contributed by atoms with van der Waals surface area (Å²) in [6.45, 7) is 3.22. The molecular formula is C28H33N3O3S. The number of fused-ring (bicyclic) bond motifs is 1. The normalized spacial score (nSPS) is 18.3. The summed E-state index contributed by atoms with van der Waals surface area (Å²) < 4.78 is 24.7. The van der Waals surface area contributed by atoms with Crippen LogP contribution in [0.15, 0.2) is 59.1 Å². The van der Waals surface area contributed by atoms with Gasteiger partial charge >= 0.3 is 6.03 Å². The Morgan fingerprint density at radius 2 is 1.89 bits per heavy atom. The zero-order valence-electron chi connectivity index (χ0n) is 20.3. The van der Waals surface area contributed by atoms with Crippen molar-refractivity contribution in [2.45, 2.75) is 62.8 Å². The molecule has 6 nitrogen and oxygen atoms in total. The zero-order chi connectivity index (χ0) is 24.4. The molecule has 2 aliphatic carbocycles. The molecule has 0 spiro atoms. The number of hydrogen-bond donors (Lipinski definition) is 1. The lowest BCUT2D eigenvalue weighted by atomic mass is 9.94. The number of rotatable bonds is 6. The lowest BCUT2D eigenvalue weighted by Gasteiger charge is -2.28. The zero-order valence-corrected chi connectivity index (χ0v) is 21.1. The molecule has 1 aromatic heterocycles. The number of urea groups is 1. The number of allylic oxidation sites excluding steroid dienone is 2. The predicted octanol–water partition coefficient (Wildman–Crippen LogP) is 5.16. The molecule has 3 aliphatic rings. The first-order valence-corrected chi connectivity index (χ1v) is 14.4. The van der Waals surface area contributed by atoms with E-state index in [2.05, 4.69) is 23.5 Å². The van der Waals surface area contributed by atoms with E-state index in [0.29, 0.717) is 23.9 Å². The van der Waals surface area contributed by atoms with Crippen molar-refractivity contribution in [1.82, 2.24) is 15.2 Å². The Morgan fingerprint density at radius 1 is 1.11 bits per heavy atom. The highest BCUT2D eigenvalue weighted by Gasteiger charge is 2.25. The molecular weight excluding hydrogens is 458 g/mol. The molecule has 1 saturated carbocycles. The molecule has 7 heteroatoms. The van der Waals surface area contributed by atoms with Crippen molar-refractivity contribution < 1.29 is 13.2 Å². The smallest absolute Gasteiger partial charge is 0.317 e. The first-order valence-electron chi connectivity index (χ1n) is 12.7. The van der Waals surface area contributed by atoms with E-state index in [4.69, 9.17) is 4.98 Å². The fourth-order valence-corrected chi connectivity index (χ4v) is 6.66. The summed E-state index contributed by atoms with van der Waals surface area (Å²) >= 11 is 0. The van der Waals surface area contributed by atoms with Gasteiger partial charge in [-0.1, -0.05) is 44.1 Å². The third-order valence-corrected chi connectivity index (χ3v) is 9.24. The number of nitrogens with zero attached hydrogens (tertiary/aromatic N) is 2. The molecule has 1 fully saturated rings. The van der Waals surface area contributed by atoms with Gasteiger partial charge in [0.15, 0.2) is 9.84 Å². The summed E-state index contributed by atoms with van der Waals surface area (Å²) in [5.74, 6) is 0.162. The third kappa shape index (κ3) is 5.06. The van der Waals surface area contributed by atoms with Crippen molar-refractivity contribution in [2.24, 2.45) is 0 Å². The van der Waals surface area contributed by atoms with Crippen LogP contribution in [0.1, 0.15) is 56.7 Å². The minimum absolute atomic E-state index is 0.0568. The summed E-state index contributed by atoms with van der Waals surface area (Å²) in [7, 11) is -3.22. The topological polar surface area (TPSA) is 79.4 Å². The van der Waals surface area contributed by atoms with Crippen LogP contribution in [0, 0.1) is 0 Å². The van der Waals surface area contributed by atoms with Crippen molar-refractivity contribution in [3.63, 3.8) is 0 Å². The number of sulfone groups is 1. The second-order valence-electron chi connectivity index (χ2n) is 9.74. The van der Waals surface area contributed by atoms with Gasteiger partial charge in [0.05, 0.1) is 16.3 Å². The summed E-state index contributed by atoms with van der Waals surface area (Å²) in [5, 5.41) is 3.19. The van der Waals surface area contributed by atoms with E-state index < -0.39 is 9.84 Å². The van der Waals surface area contributed by atoms with Gasteiger partial charge in [-0.15, -0.1) is 0 Å². The second-order valence-corrected chi connectivity index (χ2v) is 11.8. The first kappa shape index (κ1) is 23.8. The van der Waals surface area contributed by atoms with Crippen LogP contribution in [-0.4, -0.2) is 49.2 Å². The Hall–Kier alpha value is -2.93. The summed E-state index contributed by atoms with van der Waals surface area (Å²) in [6.07, 6.45) is 13.1. The molecule has 0 unspecified atom stereocenters. The number of amides is 2. The molecule has 1 N–H and O–H groups in total. The van der Waals surface area contributed by atoms with Gasteiger partial charge < -0.3 is 10.2 Å². The summed E-state index contributed by atoms with van der Waals surface area (Å²) in [4.78, 5) is 19.6. The van der Waals surface area contributed by atoms with Crippen LogP contribution in [0.2, 0.25) is 0 Å². The molecule has 5 rings (SSSR count). The molecule has 1 aliphatic heterocycles. The molecule has 1 aromatic carbocycles. The van der Waals surface area contributed by atoms with E-state index in [1.807, 2.05) is 30.2 Å². The number of pyridine rings is 1. The SMILES string of the molecule is CCCS(=O)(=O)c1ccc(-c2cnc3c(c2)C(C2=CCN(C(=O)NC4CCCC4)CC2)=CC3)cc1. The predicted molar refractivity (Wildman–Crippen MR) is 139 cm³/mol. The highest BCUT2D eigenvalue weighted by Crippen LogP contribution is 2.37. The van der Waals surface area contributed by atoms with Crippen molar-refractivity contribution in [2.75, 3.05) is 18.8 Å². The Kier molecular flexibility index (Phi) is 6.78. The summed E-state index contributed by atoms with van der Waals surface area (Å²) in [6, 6.07) is 9.68. The maximum atomic E-state index is 12.6. The molecule has 184 valence electrons. The van der Waals surface area contributed by atoms with Gasteiger partial charge in [-0.05, 0) is 60.6 Å². The van der Waals surface area contributed by atoms with Gasteiger partial charge in [0, 0.05) is 42.9 Å². The van der Waals surface area contributed by atoms with Crippen molar-refractivity contribution in [3.8, 4) is 11.1 Å². The first-order chi connectivity index (χ1) is 16.9. The van der Waals surface area contributed by atoms with Gasteiger partial charge in [0.1, 0.15) is 0 Å².